The van der Waals surface area contributed by atoms with Crippen molar-refractivity contribution in [3.05, 3.63) is 20.3 Å². The van der Waals surface area contributed by atoms with Crippen molar-refractivity contribution in [3.63, 3.8) is 0 Å². The molecule has 2 rings (SSSR count). The third kappa shape index (κ3) is 3.13. The second-order valence-electron chi connectivity index (χ2n) is 4.88. The molecule has 1 amide bonds. The lowest BCUT2D eigenvalue weighted by atomic mass is 9.98. The molecule has 1 unspecified atom stereocenters. The van der Waals surface area contributed by atoms with Gasteiger partial charge in [0.1, 0.15) is 0 Å². The van der Waals surface area contributed by atoms with E-state index >= 15 is 0 Å². The van der Waals surface area contributed by atoms with Crippen LogP contribution < -0.4 is 5.32 Å². The number of nitrogens with one attached hydrogen (secondary N) is 1. The van der Waals surface area contributed by atoms with Crippen LogP contribution in [0.2, 0.25) is 0 Å². The molecule has 0 saturated carbocycles. The van der Waals surface area contributed by atoms with Crippen LogP contribution in [-0.4, -0.2) is 37.5 Å². The molecule has 0 spiro atoms. The van der Waals surface area contributed by atoms with Crippen molar-refractivity contribution in [3.8, 4) is 0 Å². The van der Waals surface area contributed by atoms with E-state index in [0.717, 1.165) is 40.3 Å². The van der Waals surface area contributed by atoms with E-state index in [2.05, 4.69) is 21.2 Å². The highest BCUT2D eigenvalue weighted by molar-refractivity contribution is 9.11. The second-order valence-corrected chi connectivity index (χ2v) is 7.25. The number of carbonyl (C=O) groups is 1. The smallest absolute Gasteiger partial charge is 0.263 e. The van der Waals surface area contributed by atoms with E-state index in [1.165, 1.54) is 6.42 Å². The van der Waals surface area contributed by atoms with Gasteiger partial charge >= 0.3 is 0 Å². The zero-order valence-corrected chi connectivity index (χ0v) is 13.2. The highest BCUT2D eigenvalue weighted by Gasteiger charge is 2.25. The quantitative estimate of drug-likeness (QED) is 0.924. The molecule has 2 heterocycles. The van der Waals surface area contributed by atoms with Crippen molar-refractivity contribution in [2.45, 2.75) is 19.8 Å². The van der Waals surface area contributed by atoms with E-state index in [0.29, 0.717) is 5.92 Å². The molecule has 0 aliphatic carbocycles. The molecular formula is C13H19BrN2OS. The summed E-state index contributed by atoms with van der Waals surface area (Å²) in [5.74, 6) is 0.784. The number of hydrogen-bond acceptors (Lipinski definition) is 3. The van der Waals surface area contributed by atoms with Crippen molar-refractivity contribution < 1.29 is 4.79 Å². The fourth-order valence-electron chi connectivity index (χ4n) is 2.43. The maximum absolute atomic E-state index is 12.4. The maximum atomic E-state index is 12.4. The molecule has 1 saturated heterocycles. The average molecular weight is 331 g/mol. The van der Waals surface area contributed by atoms with Gasteiger partial charge in [-0.3, -0.25) is 4.79 Å². The molecule has 3 nitrogen and oxygen atoms in total. The first-order chi connectivity index (χ1) is 8.61. The molecule has 1 N–H and O–H groups in total. The lowest BCUT2D eigenvalue weighted by molar-refractivity contribution is 0.0679. The molecule has 1 aliphatic heterocycles. The number of nitrogens with zero attached hydrogens (tertiary/aromatic N) is 1. The van der Waals surface area contributed by atoms with Crippen molar-refractivity contribution in [2.24, 2.45) is 5.92 Å². The van der Waals surface area contributed by atoms with Crippen LogP contribution in [0.15, 0.2) is 9.85 Å². The lowest BCUT2D eigenvalue weighted by Gasteiger charge is -2.32. The Kier molecular flexibility index (Phi) is 4.81. The van der Waals surface area contributed by atoms with E-state index in [1.807, 2.05) is 24.9 Å². The third-order valence-corrected chi connectivity index (χ3v) is 5.49. The molecule has 1 aromatic rings. The van der Waals surface area contributed by atoms with Crippen LogP contribution in [-0.2, 0) is 0 Å². The normalized spacial score (nSPS) is 20.2. The average Bonchev–Trinajstić information content (AvgIpc) is 2.69. The summed E-state index contributed by atoms with van der Waals surface area (Å²) in [5.41, 5.74) is 1.15. The minimum absolute atomic E-state index is 0.189. The molecule has 5 heteroatoms. The van der Waals surface area contributed by atoms with Crippen molar-refractivity contribution in [1.82, 2.24) is 10.2 Å². The number of hydrogen-bond donors (Lipinski definition) is 1. The Balaban J connectivity index is 2.04. The van der Waals surface area contributed by atoms with Gasteiger partial charge in [-0.15, -0.1) is 11.3 Å². The number of likely N-dealkylation sites (tertiary alicyclic amines) is 1. The largest absolute Gasteiger partial charge is 0.338 e. The highest BCUT2D eigenvalue weighted by Crippen LogP contribution is 2.29. The van der Waals surface area contributed by atoms with E-state index in [4.69, 9.17) is 0 Å². The standard InChI is InChI=1S/C13H19BrN2OS/c1-9-6-11(18-12(9)14)13(17)16-5-3-4-10(8-16)7-15-2/h6,10,15H,3-5,7-8H2,1-2H3. The van der Waals surface area contributed by atoms with Crippen LogP contribution in [0.5, 0.6) is 0 Å². The summed E-state index contributed by atoms with van der Waals surface area (Å²) in [6.45, 7) is 4.80. The predicted octanol–water partition coefficient (Wildman–Crippen LogP) is 2.89. The van der Waals surface area contributed by atoms with Gasteiger partial charge in [-0.2, -0.15) is 0 Å². The van der Waals surface area contributed by atoms with Crippen LogP contribution in [0.1, 0.15) is 28.1 Å². The first-order valence-corrected chi connectivity index (χ1v) is 7.92. The summed E-state index contributed by atoms with van der Waals surface area (Å²) in [7, 11) is 1.97. The number of amides is 1. The highest BCUT2D eigenvalue weighted by atomic mass is 79.9. The van der Waals surface area contributed by atoms with Crippen LogP contribution in [0.3, 0.4) is 0 Å². The topological polar surface area (TPSA) is 32.3 Å². The zero-order chi connectivity index (χ0) is 13.1. The Hall–Kier alpha value is -0.390. The molecule has 1 fully saturated rings. The Morgan fingerprint density at radius 1 is 1.67 bits per heavy atom. The summed E-state index contributed by atoms with van der Waals surface area (Å²) in [6.07, 6.45) is 2.33. The van der Waals surface area contributed by atoms with E-state index < -0.39 is 0 Å². The number of aryl methyl sites for hydroxylation is 1. The molecule has 1 aliphatic rings. The van der Waals surface area contributed by atoms with Crippen LogP contribution in [0, 0.1) is 12.8 Å². The van der Waals surface area contributed by atoms with Crippen molar-refractivity contribution >= 4 is 33.2 Å². The molecule has 18 heavy (non-hydrogen) atoms. The molecule has 0 radical (unpaired) electrons. The molecule has 1 atom stereocenters. The second kappa shape index (κ2) is 6.17. The molecular weight excluding hydrogens is 312 g/mol. The van der Waals surface area contributed by atoms with Gasteiger partial charge in [-0.1, -0.05) is 0 Å². The monoisotopic (exact) mass is 330 g/mol. The van der Waals surface area contributed by atoms with Gasteiger partial charge in [0.05, 0.1) is 8.66 Å². The summed E-state index contributed by atoms with van der Waals surface area (Å²) in [6, 6.07) is 1.98. The molecule has 1 aromatic heterocycles. The van der Waals surface area contributed by atoms with Gasteiger partial charge in [-0.05, 0) is 66.8 Å². The van der Waals surface area contributed by atoms with E-state index in [9.17, 15) is 4.79 Å². The maximum Gasteiger partial charge on any atom is 0.263 e. The van der Waals surface area contributed by atoms with Crippen LogP contribution >= 0.6 is 27.3 Å². The lowest BCUT2D eigenvalue weighted by Crippen LogP contribution is -2.42. The minimum Gasteiger partial charge on any atom is -0.338 e. The Morgan fingerprint density at radius 3 is 3.06 bits per heavy atom. The summed E-state index contributed by atoms with van der Waals surface area (Å²) in [5, 5.41) is 3.21. The SMILES string of the molecule is CNCC1CCCN(C(=O)c2cc(C)c(Br)s2)C1. The molecule has 100 valence electrons. The Labute approximate surface area is 121 Å². The van der Waals surface area contributed by atoms with Crippen LogP contribution in [0.4, 0.5) is 0 Å². The van der Waals surface area contributed by atoms with Gasteiger partial charge in [0, 0.05) is 13.1 Å². The molecule has 0 bridgehead atoms. The summed E-state index contributed by atoms with van der Waals surface area (Å²) < 4.78 is 1.06. The number of rotatable bonds is 3. The Morgan fingerprint density at radius 2 is 2.44 bits per heavy atom. The number of piperidine rings is 1. The fraction of sp³-hybridized carbons (Fsp3) is 0.615. The molecule has 0 aromatic carbocycles. The predicted molar refractivity (Wildman–Crippen MR) is 79.3 cm³/mol. The van der Waals surface area contributed by atoms with Gasteiger partial charge in [0.15, 0.2) is 0 Å². The summed E-state index contributed by atoms with van der Waals surface area (Å²) >= 11 is 5.02. The van der Waals surface area contributed by atoms with Gasteiger partial charge < -0.3 is 10.2 Å². The van der Waals surface area contributed by atoms with Crippen molar-refractivity contribution in [2.75, 3.05) is 26.7 Å². The van der Waals surface area contributed by atoms with Crippen molar-refractivity contribution in [1.29, 1.82) is 0 Å². The van der Waals surface area contributed by atoms with E-state index in [-0.39, 0.29) is 5.91 Å². The third-order valence-electron chi connectivity index (χ3n) is 3.37. The first-order valence-electron chi connectivity index (χ1n) is 6.31. The zero-order valence-electron chi connectivity index (χ0n) is 10.8. The van der Waals surface area contributed by atoms with Gasteiger partial charge in [0.2, 0.25) is 0 Å². The van der Waals surface area contributed by atoms with Crippen LogP contribution in [0.25, 0.3) is 0 Å². The first kappa shape index (κ1) is 14.0. The minimum atomic E-state index is 0.189. The van der Waals surface area contributed by atoms with Gasteiger partial charge in [-0.25, -0.2) is 0 Å². The number of thiophene rings is 1. The number of carbonyl (C=O) groups excluding carboxylic acids is 1. The summed E-state index contributed by atoms with van der Waals surface area (Å²) in [4.78, 5) is 15.3. The number of halogens is 1. The van der Waals surface area contributed by atoms with Gasteiger partial charge in [0.25, 0.3) is 5.91 Å². The fourth-order valence-corrected chi connectivity index (χ4v) is 3.93. The Bertz CT molecular complexity index is 411. The van der Waals surface area contributed by atoms with E-state index in [1.54, 1.807) is 11.3 Å².